The number of rotatable bonds is 4. The Bertz CT molecular complexity index is 879. The average Bonchev–Trinajstić information content (AvgIpc) is 3.24. The van der Waals surface area contributed by atoms with Crippen molar-refractivity contribution in [3.8, 4) is 0 Å². The van der Waals surface area contributed by atoms with Gasteiger partial charge in [0.15, 0.2) is 0 Å². The summed E-state index contributed by atoms with van der Waals surface area (Å²) in [6.07, 6.45) is 4.51. The van der Waals surface area contributed by atoms with Crippen molar-refractivity contribution in [3.05, 3.63) is 65.2 Å². The Labute approximate surface area is 186 Å². The maximum absolute atomic E-state index is 12.9. The molecule has 3 aliphatic rings. The number of likely N-dealkylation sites (tertiary alicyclic amines) is 1. The average molecular weight is 419 g/mol. The van der Waals surface area contributed by atoms with Crippen molar-refractivity contribution < 1.29 is 4.79 Å². The van der Waals surface area contributed by atoms with Crippen LogP contribution in [0, 0.1) is 0 Å². The molecule has 1 aliphatic carbocycles. The topological polar surface area (TPSA) is 38.8 Å². The van der Waals surface area contributed by atoms with Gasteiger partial charge in [-0.25, -0.2) is 0 Å². The molecule has 31 heavy (non-hydrogen) atoms. The largest absolute Gasteiger partial charge is 0.369 e. The lowest BCUT2D eigenvalue weighted by Gasteiger charge is -2.37. The first-order valence-corrected chi connectivity index (χ1v) is 11.8. The third kappa shape index (κ3) is 4.63. The Hall–Kier alpha value is -2.37. The van der Waals surface area contributed by atoms with Crippen LogP contribution in [0.3, 0.4) is 0 Å². The smallest absolute Gasteiger partial charge is 0.251 e. The molecule has 1 amide bonds. The van der Waals surface area contributed by atoms with Gasteiger partial charge in [0.2, 0.25) is 0 Å². The molecule has 2 aromatic rings. The Morgan fingerprint density at radius 3 is 2.26 bits per heavy atom. The van der Waals surface area contributed by atoms with E-state index in [1.165, 1.54) is 16.8 Å². The minimum absolute atomic E-state index is 0.0616. The Morgan fingerprint density at radius 2 is 1.58 bits per heavy atom. The van der Waals surface area contributed by atoms with E-state index < -0.39 is 0 Å². The van der Waals surface area contributed by atoms with Crippen LogP contribution in [0.5, 0.6) is 0 Å². The number of piperidine rings is 1. The second kappa shape index (κ2) is 9.01. The highest BCUT2D eigenvalue weighted by molar-refractivity contribution is 5.94. The molecule has 0 aromatic heterocycles. The lowest BCUT2D eigenvalue weighted by molar-refractivity contribution is 0.0876. The van der Waals surface area contributed by atoms with Crippen LogP contribution in [0.2, 0.25) is 0 Å². The van der Waals surface area contributed by atoms with Crippen molar-refractivity contribution in [2.24, 2.45) is 0 Å². The van der Waals surface area contributed by atoms with Crippen molar-refractivity contribution in [1.29, 1.82) is 0 Å². The maximum atomic E-state index is 12.9. The Kier molecular flexibility index (Phi) is 5.97. The fourth-order valence-corrected chi connectivity index (χ4v) is 5.41. The molecule has 2 aliphatic heterocycles. The van der Waals surface area contributed by atoms with Gasteiger partial charge in [0.25, 0.3) is 5.91 Å². The number of piperazine rings is 1. The first kappa shape index (κ1) is 20.5. The SMILES string of the molecule is CN1CCN(c2ccc(C(=O)NC3CCCN(C4Cc5ccccc5C4)C3)cc2)CC1. The van der Waals surface area contributed by atoms with Gasteiger partial charge >= 0.3 is 0 Å². The summed E-state index contributed by atoms with van der Waals surface area (Å²) in [5.41, 5.74) is 4.98. The standard InChI is InChI=1S/C26H34N4O/c1-28-13-15-29(16-14-28)24-10-8-20(9-11-24)26(31)27-23-7-4-12-30(19-23)25-17-21-5-2-3-6-22(21)18-25/h2-3,5-6,8-11,23,25H,4,7,12-19H2,1H3,(H,27,31). The van der Waals surface area contributed by atoms with Crippen LogP contribution < -0.4 is 10.2 Å². The third-order valence-electron chi connectivity index (χ3n) is 7.33. The van der Waals surface area contributed by atoms with E-state index in [1.807, 2.05) is 12.1 Å². The zero-order chi connectivity index (χ0) is 21.2. The minimum Gasteiger partial charge on any atom is -0.369 e. The molecule has 2 heterocycles. The first-order chi connectivity index (χ1) is 15.2. The number of hydrogen-bond donors (Lipinski definition) is 1. The highest BCUT2D eigenvalue weighted by Crippen LogP contribution is 2.27. The lowest BCUT2D eigenvalue weighted by atomic mass is 10.0. The molecule has 1 N–H and O–H groups in total. The number of nitrogens with one attached hydrogen (secondary N) is 1. The molecule has 0 bridgehead atoms. The summed E-state index contributed by atoms with van der Waals surface area (Å²) in [6, 6.07) is 17.8. The fraction of sp³-hybridized carbons (Fsp3) is 0.500. The van der Waals surface area contributed by atoms with Gasteiger partial charge in [-0.2, -0.15) is 0 Å². The highest BCUT2D eigenvalue weighted by Gasteiger charge is 2.31. The summed E-state index contributed by atoms with van der Waals surface area (Å²) >= 11 is 0. The molecule has 0 saturated carbocycles. The van der Waals surface area contributed by atoms with Crippen LogP contribution in [-0.4, -0.2) is 74.1 Å². The summed E-state index contributed by atoms with van der Waals surface area (Å²) < 4.78 is 0. The number of anilines is 1. The van der Waals surface area contributed by atoms with E-state index in [0.717, 1.165) is 70.5 Å². The minimum atomic E-state index is 0.0616. The molecule has 0 radical (unpaired) electrons. The van der Waals surface area contributed by atoms with E-state index in [1.54, 1.807) is 0 Å². The lowest BCUT2D eigenvalue weighted by Crippen LogP contribution is -2.51. The summed E-state index contributed by atoms with van der Waals surface area (Å²) in [4.78, 5) is 20.3. The number of hydrogen-bond acceptors (Lipinski definition) is 4. The van der Waals surface area contributed by atoms with E-state index >= 15 is 0 Å². The Morgan fingerprint density at radius 1 is 0.903 bits per heavy atom. The zero-order valence-corrected chi connectivity index (χ0v) is 18.6. The first-order valence-electron chi connectivity index (χ1n) is 11.8. The van der Waals surface area contributed by atoms with Gasteiger partial charge in [0, 0.05) is 56.1 Å². The second-order valence-electron chi connectivity index (χ2n) is 9.48. The van der Waals surface area contributed by atoms with Crippen LogP contribution in [0.1, 0.15) is 34.3 Å². The van der Waals surface area contributed by atoms with Crippen molar-refractivity contribution in [3.63, 3.8) is 0 Å². The molecule has 0 spiro atoms. The van der Waals surface area contributed by atoms with Crippen LogP contribution in [0.25, 0.3) is 0 Å². The number of carbonyl (C=O) groups is 1. The molecule has 1 atom stereocenters. The quantitative estimate of drug-likeness (QED) is 0.829. The zero-order valence-electron chi connectivity index (χ0n) is 18.6. The van der Waals surface area contributed by atoms with Crippen molar-refractivity contribution >= 4 is 11.6 Å². The van der Waals surface area contributed by atoms with Gasteiger partial charge in [0.05, 0.1) is 0 Å². The molecular formula is C26H34N4O. The molecule has 164 valence electrons. The van der Waals surface area contributed by atoms with E-state index in [0.29, 0.717) is 6.04 Å². The molecule has 5 heteroatoms. The number of nitrogens with zero attached hydrogens (tertiary/aromatic N) is 3. The van der Waals surface area contributed by atoms with Crippen molar-refractivity contribution in [2.45, 2.75) is 37.8 Å². The third-order valence-corrected chi connectivity index (χ3v) is 7.33. The van der Waals surface area contributed by atoms with Crippen molar-refractivity contribution in [2.75, 3.05) is 51.2 Å². The van der Waals surface area contributed by atoms with Crippen molar-refractivity contribution in [1.82, 2.24) is 15.1 Å². The monoisotopic (exact) mass is 418 g/mol. The fourth-order valence-electron chi connectivity index (χ4n) is 5.41. The predicted molar refractivity (Wildman–Crippen MR) is 126 cm³/mol. The predicted octanol–water partition coefficient (Wildman–Crippen LogP) is 2.80. The molecule has 2 fully saturated rings. The van der Waals surface area contributed by atoms with E-state index in [9.17, 15) is 4.79 Å². The molecule has 1 unspecified atom stereocenters. The molecule has 5 rings (SSSR count). The molecular weight excluding hydrogens is 384 g/mol. The number of carbonyl (C=O) groups excluding carboxylic acids is 1. The normalized spacial score (nSPS) is 23.0. The van der Waals surface area contributed by atoms with Crippen LogP contribution in [-0.2, 0) is 12.8 Å². The van der Waals surface area contributed by atoms with Crippen LogP contribution >= 0.6 is 0 Å². The summed E-state index contributed by atoms with van der Waals surface area (Å²) in [6.45, 7) is 6.38. The number of benzene rings is 2. The van der Waals surface area contributed by atoms with Gasteiger partial charge in [-0.05, 0) is 74.7 Å². The summed E-state index contributed by atoms with van der Waals surface area (Å²) in [5.74, 6) is 0.0616. The van der Waals surface area contributed by atoms with Gasteiger partial charge in [-0.3, -0.25) is 9.69 Å². The Balaban J connectivity index is 1.16. The second-order valence-corrected chi connectivity index (χ2v) is 9.48. The highest BCUT2D eigenvalue weighted by atomic mass is 16.1. The van der Waals surface area contributed by atoms with Gasteiger partial charge < -0.3 is 15.1 Å². The molecule has 2 aromatic carbocycles. The van der Waals surface area contributed by atoms with Gasteiger partial charge in [-0.15, -0.1) is 0 Å². The van der Waals surface area contributed by atoms with Crippen LogP contribution in [0.4, 0.5) is 5.69 Å². The van der Waals surface area contributed by atoms with E-state index in [4.69, 9.17) is 0 Å². The van der Waals surface area contributed by atoms with Gasteiger partial charge in [-0.1, -0.05) is 24.3 Å². The number of amides is 1. The number of likely N-dealkylation sites (N-methyl/N-ethyl adjacent to an activating group) is 1. The van der Waals surface area contributed by atoms with Crippen LogP contribution in [0.15, 0.2) is 48.5 Å². The van der Waals surface area contributed by atoms with E-state index in [-0.39, 0.29) is 11.9 Å². The summed E-state index contributed by atoms with van der Waals surface area (Å²) in [7, 11) is 2.17. The molecule has 5 nitrogen and oxygen atoms in total. The van der Waals surface area contributed by atoms with Gasteiger partial charge in [0.1, 0.15) is 0 Å². The maximum Gasteiger partial charge on any atom is 0.251 e. The molecule has 2 saturated heterocycles. The summed E-state index contributed by atoms with van der Waals surface area (Å²) in [5, 5.41) is 3.31. The van der Waals surface area contributed by atoms with E-state index in [2.05, 4.69) is 63.5 Å². The number of fused-ring (bicyclic) bond motifs is 1.